The maximum atomic E-state index is 11.8. The minimum Gasteiger partial charge on any atom is -0.445 e. The third-order valence-electron chi connectivity index (χ3n) is 2.93. The lowest BCUT2D eigenvalue weighted by atomic mass is 10.1. The van der Waals surface area contributed by atoms with Crippen molar-refractivity contribution >= 4 is 12.0 Å². The molecule has 1 aromatic rings. The Bertz CT molecular complexity index is 472. The van der Waals surface area contributed by atoms with Gasteiger partial charge in [-0.3, -0.25) is 4.79 Å². The van der Waals surface area contributed by atoms with Crippen LogP contribution in [-0.4, -0.2) is 36.0 Å². The molecule has 0 saturated heterocycles. The van der Waals surface area contributed by atoms with Gasteiger partial charge in [0.1, 0.15) is 6.61 Å². The van der Waals surface area contributed by atoms with Crippen LogP contribution in [0, 0.1) is 6.92 Å². The minimum atomic E-state index is -0.576. The highest BCUT2D eigenvalue weighted by Crippen LogP contribution is 2.07. The standard InChI is InChI=1S/C16H23N2O3/c1-5-14(19)18(4)12-16(2,3)17-15(20)21-11-13-9-7-6-8-10-13/h6-10H,1,5,11-12H2,2-4H3,(H,17,20). The summed E-state index contributed by atoms with van der Waals surface area (Å²) >= 11 is 0. The van der Waals surface area contributed by atoms with Gasteiger partial charge in [0.05, 0.1) is 5.54 Å². The van der Waals surface area contributed by atoms with E-state index >= 15 is 0 Å². The van der Waals surface area contributed by atoms with Crippen LogP contribution in [0.1, 0.15) is 25.8 Å². The second-order valence-corrected chi connectivity index (χ2v) is 5.57. The summed E-state index contributed by atoms with van der Waals surface area (Å²) in [5, 5.41) is 2.76. The molecule has 0 aromatic heterocycles. The molecule has 0 saturated carbocycles. The average Bonchev–Trinajstić information content (AvgIpc) is 2.44. The number of hydrogen-bond acceptors (Lipinski definition) is 3. The first-order valence-corrected chi connectivity index (χ1v) is 6.86. The zero-order chi connectivity index (χ0) is 15.9. The van der Waals surface area contributed by atoms with Gasteiger partial charge in [-0.05, 0) is 26.3 Å². The molecule has 0 aliphatic rings. The summed E-state index contributed by atoms with van der Waals surface area (Å²) in [7, 11) is 1.69. The van der Waals surface area contributed by atoms with Crippen LogP contribution in [0.3, 0.4) is 0 Å². The zero-order valence-electron chi connectivity index (χ0n) is 12.9. The van der Waals surface area contributed by atoms with Gasteiger partial charge in [-0.25, -0.2) is 4.79 Å². The third kappa shape index (κ3) is 6.29. The molecule has 1 N–H and O–H groups in total. The molecule has 5 heteroatoms. The molecule has 115 valence electrons. The average molecular weight is 291 g/mol. The summed E-state index contributed by atoms with van der Waals surface area (Å²) in [5.41, 5.74) is 0.350. The number of amides is 2. The van der Waals surface area contributed by atoms with E-state index in [4.69, 9.17) is 4.74 Å². The zero-order valence-corrected chi connectivity index (χ0v) is 12.9. The number of carbonyl (C=O) groups is 2. The number of likely N-dealkylation sites (N-methyl/N-ethyl adjacent to an activating group) is 1. The largest absolute Gasteiger partial charge is 0.445 e. The second-order valence-electron chi connectivity index (χ2n) is 5.57. The van der Waals surface area contributed by atoms with Gasteiger partial charge in [-0.1, -0.05) is 30.3 Å². The molecule has 0 aliphatic carbocycles. The van der Waals surface area contributed by atoms with Gasteiger partial charge in [0.25, 0.3) is 0 Å². The van der Waals surface area contributed by atoms with Crippen molar-refractivity contribution in [3.63, 3.8) is 0 Å². The lowest BCUT2D eigenvalue weighted by Crippen LogP contribution is -2.51. The number of ether oxygens (including phenoxy) is 1. The fraction of sp³-hybridized carbons (Fsp3) is 0.438. The third-order valence-corrected chi connectivity index (χ3v) is 2.93. The van der Waals surface area contributed by atoms with Crippen LogP contribution >= 0.6 is 0 Å². The molecule has 1 aromatic carbocycles. The van der Waals surface area contributed by atoms with E-state index < -0.39 is 11.6 Å². The predicted octanol–water partition coefficient (Wildman–Crippen LogP) is 2.37. The number of rotatable bonds is 6. The number of alkyl carbamates (subject to hydrolysis) is 1. The molecule has 21 heavy (non-hydrogen) atoms. The van der Waals surface area contributed by atoms with E-state index in [1.165, 1.54) is 0 Å². The summed E-state index contributed by atoms with van der Waals surface area (Å²) in [6.07, 6.45) is -0.301. The highest BCUT2D eigenvalue weighted by atomic mass is 16.5. The summed E-state index contributed by atoms with van der Waals surface area (Å²) in [4.78, 5) is 24.9. The van der Waals surface area contributed by atoms with Gasteiger partial charge in [-0.15, -0.1) is 0 Å². The molecular formula is C16H23N2O3. The van der Waals surface area contributed by atoms with Gasteiger partial charge in [0.15, 0.2) is 0 Å². The van der Waals surface area contributed by atoms with Crippen molar-refractivity contribution in [2.24, 2.45) is 0 Å². The number of benzene rings is 1. The van der Waals surface area contributed by atoms with Gasteiger partial charge in [-0.2, -0.15) is 0 Å². The summed E-state index contributed by atoms with van der Waals surface area (Å²) in [6, 6.07) is 9.46. The van der Waals surface area contributed by atoms with Gasteiger partial charge < -0.3 is 15.0 Å². The predicted molar refractivity (Wildman–Crippen MR) is 81.5 cm³/mol. The highest BCUT2D eigenvalue weighted by molar-refractivity contribution is 5.76. The molecule has 1 radical (unpaired) electrons. The molecule has 0 unspecified atom stereocenters. The van der Waals surface area contributed by atoms with E-state index in [9.17, 15) is 9.59 Å². The molecule has 0 spiro atoms. The van der Waals surface area contributed by atoms with Crippen LogP contribution in [0.15, 0.2) is 30.3 Å². The lowest BCUT2D eigenvalue weighted by molar-refractivity contribution is -0.129. The number of nitrogens with one attached hydrogen (secondary N) is 1. The van der Waals surface area contributed by atoms with Crippen molar-refractivity contribution in [2.75, 3.05) is 13.6 Å². The van der Waals surface area contributed by atoms with Crippen LogP contribution < -0.4 is 5.32 Å². The van der Waals surface area contributed by atoms with Crippen LogP contribution in [0.2, 0.25) is 0 Å². The first-order valence-electron chi connectivity index (χ1n) is 6.86. The first-order chi connectivity index (χ1) is 9.84. The van der Waals surface area contributed by atoms with E-state index in [0.29, 0.717) is 6.54 Å². The van der Waals surface area contributed by atoms with E-state index in [1.54, 1.807) is 11.9 Å². The van der Waals surface area contributed by atoms with E-state index in [-0.39, 0.29) is 18.9 Å². The van der Waals surface area contributed by atoms with Crippen molar-refractivity contribution in [3.05, 3.63) is 42.8 Å². The van der Waals surface area contributed by atoms with Crippen LogP contribution in [0.25, 0.3) is 0 Å². The summed E-state index contributed by atoms with van der Waals surface area (Å²) in [5.74, 6) is -0.0671. The van der Waals surface area contributed by atoms with Crippen molar-refractivity contribution in [1.29, 1.82) is 0 Å². The fourth-order valence-electron chi connectivity index (χ4n) is 1.95. The molecule has 5 nitrogen and oxygen atoms in total. The molecule has 0 bridgehead atoms. The molecule has 2 amide bonds. The first kappa shape index (κ1) is 17.0. The summed E-state index contributed by atoms with van der Waals surface area (Å²) in [6.45, 7) is 7.84. The van der Waals surface area contributed by atoms with E-state index in [2.05, 4.69) is 12.2 Å². The molecular weight excluding hydrogens is 268 g/mol. The molecule has 0 atom stereocenters. The quantitative estimate of drug-likeness (QED) is 0.875. The van der Waals surface area contributed by atoms with Crippen LogP contribution in [0.5, 0.6) is 0 Å². The van der Waals surface area contributed by atoms with Crippen LogP contribution in [0.4, 0.5) is 4.79 Å². The van der Waals surface area contributed by atoms with Crippen LogP contribution in [-0.2, 0) is 16.1 Å². The van der Waals surface area contributed by atoms with Crippen molar-refractivity contribution < 1.29 is 14.3 Å². The van der Waals surface area contributed by atoms with Gasteiger partial charge in [0.2, 0.25) is 5.91 Å². The Hall–Kier alpha value is -2.04. The molecule has 0 aliphatic heterocycles. The second kappa shape index (κ2) is 7.67. The molecule has 0 fully saturated rings. The number of nitrogens with zero attached hydrogens (tertiary/aromatic N) is 1. The SMILES string of the molecule is [CH2]CC(=O)N(C)CC(C)(C)NC(=O)OCc1ccccc1. The minimum absolute atomic E-state index is 0.0671. The topological polar surface area (TPSA) is 58.6 Å². The Kier molecular flexibility index (Phi) is 6.21. The van der Waals surface area contributed by atoms with Gasteiger partial charge in [0, 0.05) is 20.0 Å². The molecule has 0 heterocycles. The Morgan fingerprint density at radius 2 is 1.90 bits per heavy atom. The van der Waals surface area contributed by atoms with Gasteiger partial charge >= 0.3 is 6.09 Å². The Balaban J connectivity index is 2.43. The smallest absolute Gasteiger partial charge is 0.407 e. The lowest BCUT2D eigenvalue weighted by Gasteiger charge is -2.30. The number of hydrogen-bond donors (Lipinski definition) is 1. The summed E-state index contributed by atoms with van der Waals surface area (Å²) < 4.78 is 5.17. The van der Waals surface area contributed by atoms with E-state index in [0.717, 1.165) is 5.56 Å². The fourth-order valence-corrected chi connectivity index (χ4v) is 1.95. The Labute approximate surface area is 126 Å². The molecule has 1 rings (SSSR count). The Morgan fingerprint density at radius 3 is 2.48 bits per heavy atom. The maximum absolute atomic E-state index is 11.8. The van der Waals surface area contributed by atoms with Crippen molar-refractivity contribution in [3.8, 4) is 0 Å². The van der Waals surface area contributed by atoms with Crippen molar-refractivity contribution in [2.45, 2.75) is 32.4 Å². The maximum Gasteiger partial charge on any atom is 0.407 e. The normalized spacial score (nSPS) is 10.9. The number of carbonyl (C=O) groups excluding carboxylic acids is 2. The monoisotopic (exact) mass is 291 g/mol. The Morgan fingerprint density at radius 1 is 1.29 bits per heavy atom. The van der Waals surface area contributed by atoms with E-state index in [1.807, 2.05) is 44.2 Å². The highest BCUT2D eigenvalue weighted by Gasteiger charge is 2.24. The van der Waals surface area contributed by atoms with Crippen molar-refractivity contribution in [1.82, 2.24) is 10.2 Å².